The number of nitrogens with zero attached hydrogens (tertiary/aromatic N) is 2. The summed E-state index contributed by atoms with van der Waals surface area (Å²) in [5.74, 6) is -0.645. The number of carbonyl (C=O) groups excluding carboxylic acids is 1. The van der Waals surface area contributed by atoms with Crippen LogP contribution in [0.15, 0.2) is 35.1 Å². The van der Waals surface area contributed by atoms with E-state index in [0.29, 0.717) is 30.6 Å². The number of ether oxygens (including phenoxy) is 1. The van der Waals surface area contributed by atoms with E-state index in [0.717, 1.165) is 0 Å². The summed E-state index contributed by atoms with van der Waals surface area (Å²) in [6.07, 6.45) is -3.58. The largest absolute Gasteiger partial charge is 0.435 e. The summed E-state index contributed by atoms with van der Waals surface area (Å²) < 4.78 is 46.9. The van der Waals surface area contributed by atoms with E-state index in [1.54, 1.807) is 18.2 Å². The van der Waals surface area contributed by atoms with Crippen LogP contribution in [0.5, 0.6) is 0 Å². The molecule has 0 bridgehead atoms. The van der Waals surface area contributed by atoms with Crippen LogP contribution in [0.1, 0.15) is 34.6 Å². The SMILES string of the molecule is Cc1[nH]c2c(-c3ccccc3)c(C(F)(F)F)nn2c(=O)c1C(=O)NC1CCOCC1. The first-order valence-electron chi connectivity index (χ1n) is 9.44. The number of amides is 1. The number of hydrogen-bond donors (Lipinski definition) is 2. The number of aryl methyl sites for hydroxylation is 1. The Morgan fingerprint density at radius 2 is 1.90 bits per heavy atom. The molecule has 0 radical (unpaired) electrons. The highest BCUT2D eigenvalue weighted by Gasteiger charge is 2.39. The van der Waals surface area contributed by atoms with Gasteiger partial charge in [0, 0.05) is 24.9 Å². The Hall–Kier alpha value is -3.14. The number of halogens is 3. The van der Waals surface area contributed by atoms with Gasteiger partial charge in [0.05, 0.1) is 5.56 Å². The molecular weight excluding hydrogens is 401 g/mol. The molecular formula is C20H19F3N4O3. The average Bonchev–Trinajstić information content (AvgIpc) is 3.09. The van der Waals surface area contributed by atoms with Crippen molar-refractivity contribution in [2.24, 2.45) is 0 Å². The van der Waals surface area contributed by atoms with Crippen molar-refractivity contribution in [3.8, 4) is 11.1 Å². The molecule has 3 heterocycles. The first kappa shape index (κ1) is 20.1. The van der Waals surface area contributed by atoms with Gasteiger partial charge < -0.3 is 15.0 Å². The fraction of sp³-hybridized carbons (Fsp3) is 0.350. The van der Waals surface area contributed by atoms with Crippen molar-refractivity contribution in [2.75, 3.05) is 13.2 Å². The van der Waals surface area contributed by atoms with E-state index in [9.17, 15) is 22.8 Å². The van der Waals surface area contributed by atoms with Crippen LogP contribution in [0.3, 0.4) is 0 Å². The number of aromatic nitrogens is 3. The highest BCUT2D eigenvalue weighted by molar-refractivity contribution is 5.95. The summed E-state index contributed by atoms with van der Waals surface area (Å²) >= 11 is 0. The molecule has 0 unspecified atom stereocenters. The molecule has 1 fully saturated rings. The Bertz CT molecular complexity index is 1150. The van der Waals surface area contributed by atoms with Gasteiger partial charge in [-0.15, -0.1) is 0 Å². The predicted molar refractivity (Wildman–Crippen MR) is 102 cm³/mol. The van der Waals surface area contributed by atoms with Crippen molar-refractivity contribution in [2.45, 2.75) is 32.0 Å². The van der Waals surface area contributed by atoms with Crippen molar-refractivity contribution in [3.63, 3.8) is 0 Å². The van der Waals surface area contributed by atoms with Gasteiger partial charge in [-0.3, -0.25) is 9.59 Å². The second kappa shape index (κ2) is 7.60. The predicted octanol–water partition coefficient (Wildman–Crippen LogP) is 2.93. The third-order valence-corrected chi connectivity index (χ3v) is 5.09. The number of H-pyrrole nitrogens is 1. The van der Waals surface area contributed by atoms with Crippen molar-refractivity contribution >= 4 is 11.6 Å². The molecule has 4 rings (SSSR count). The Kier molecular flexibility index (Phi) is 5.10. The molecule has 1 saturated heterocycles. The monoisotopic (exact) mass is 420 g/mol. The molecule has 2 N–H and O–H groups in total. The van der Waals surface area contributed by atoms with Gasteiger partial charge in [0.2, 0.25) is 0 Å². The highest BCUT2D eigenvalue weighted by atomic mass is 19.4. The van der Waals surface area contributed by atoms with Crippen molar-refractivity contribution in [1.29, 1.82) is 0 Å². The Balaban J connectivity index is 1.87. The van der Waals surface area contributed by atoms with Gasteiger partial charge >= 0.3 is 6.18 Å². The zero-order chi connectivity index (χ0) is 21.5. The lowest BCUT2D eigenvalue weighted by Gasteiger charge is -2.23. The summed E-state index contributed by atoms with van der Waals surface area (Å²) in [6, 6.07) is 7.72. The van der Waals surface area contributed by atoms with E-state index in [2.05, 4.69) is 15.4 Å². The van der Waals surface area contributed by atoms with Gasteiger partial charge in [0.15, 0.2) is 5.69 Å². The number of rotatable bonds is 3. The van der Waals surface area contributed by atoms with Crippen LogP contribution < -0.4 is 10.9 Å². The minimum absolute atomic E-state index is 0.112. The summed E-state index contributed by atoms with van der Waals surface area (Å²) in [5, 5.41) is 6.30. The van der Waals surface area contributed by atoms with Gasteiger partial charge in [0.25, 0.3) is 11.5 Å². The van der Waals surface area contributed by atoms with Crippen molar-refractivity contribution in [3.05, 3.63) is 57.6 Å². The molecule has 0 atom stereocenters. The van der Waals surface area contributed by atoms with Crippen LogP contribution in [-0.2, 0) is 10.9 Å². The second-order valence-corrected chi connectivity index (χ2v) is 7.14. The van der Waals surface area contributed by atoms with Gasteiger partial charge in [-0.05, 0) is 25.3 Å². The summed E-state index contributed by atoms with van der Waals surface area (Å²) in [4.78, 5) is 28.5. The number of hydrogen-bond acceptors (Lipinski definition) is 4. The Morgan fingerprint density at radius 1 is 1.23 bits per heavy atom. The third kappa shape index (κ3) is 3.58. The molecule has 3 aromatic rings. The molecule has 30 heavy (non-hydrogen) atoms. The normalized spacial score (nSPS) is 15.5. The minimum Gasteiger partial charge on any atom is -0.381 e. The number of aromatic amines is 1. The maximum Gasteiger partial charge on any atom is 0.435 e. The van der Waals surface area contributed by atoms with Crippen LogP contribution in [0.4, 0.5) is 13.2 Å². The van der Waals surface area contributed by atoms with E-state index in [1.807, 2.05) is 0 Å². The molecule has 7 nitrogen and oxygen atoms in total. The fourth-order valence-electron chi connectivity index (χ4n) is 3.63. The molecule has 0 saturated carbocycles. The van der Waals surface area contributed by atoms with Gasteiger partial charge in [-0.25, -0.2) is 0 Å². The van der Waals surface area contributed by atoms with E-state index in [4.69, 9.17) is 4.74 Å². The number of benzene rings is 1. The van der Waals surface area contributed by atoms with Crippen LogP contribution in [0.25, 0.3) is 16.8 Å². The standard InChI is InChI=1S/C20H19F3N4O3/c1-11-14(18(28)25-13-7-9-30-10-8-13)19(29)27-17(24-11)15(12-5-3-2-4-6-12)16(26-27)20(21,22)23/h2-6,13,24H,7-10H2,1H3,(H,25,28). The van der Waals surface area contributed by atoms with Crippen LogP contribution in [0, 0.1) is 6.92 Å². The fourth-order valence-corrected chi connectivity index (χ4v) is 3.63. The van der Waals surface area contributed by atoms with Crippen LogP contribution in [0.2, 0.25) is 0 Å². The molecule has 0 aliphatic carbocycles. The van der Waals surface area contributed by atoms with E-state index in [-0.39, 0.29) is 34.1 Å². The zero-order valence-corrected chi connectivity index (χ0v) is 16.0. The number of alkyl halides is 3. The third-order valence-electron chi connectivity index (χ3n) is 5.09. The first-order valence-corrected chi connectivity index (χ1v) is 9.44. The van der Waals surface area contributed by atoms with E-state index < -0.39 is 23.3 Å². The lowest BCUT2D eigenvalue weighted by molar-refractivity contribution is -0.140. The molecule has 1 aromatic carbocycles. The molecule has 2 aromatic heterocycles. The lowest BCUT2D eigenvalue weighted by Crippen LogP contribution is -2.42. The number of fused-ring (bicyclic) bond motifs is 1. The highest BCUT2D eigenvalue weighted by Crippen LogP contribution is 2.38. The summed E-state index contributed by atoms with van der Waals surface area (Å²) in [7, 11) is 0. The summed E-state index contributed by atoms with van der Waals surface area (Å²) in [5.41, 5.74) is -2.28. The van der Waals surface area contributed by atoms with Crippen molar-refractivity contribution in [1.82, 2.24) is 19.9 Å². The van der Waals surface area contributed by atoms with Crippen LogP contribution in [-0.4, -0.2) is 39.8 Å². The zero-order valence-electron chi connectivity index (χ0n) is 16.0. The molecule has 1 aliphatic rings. The van der Waals surface area contributed by atoms with Gasteiger partial charge in [0.1, 0.15) is 11.2 Å². The molecule has 10 heteroatoms. The number of nitrogens with one attached hydrogen (secondary N) is 2. The van der Waals surface area contributed by atoms with E-state index >= 15 is 0 Å². The second-order valence-electron chi connectivity index (χ2n) is 7.14. The smallest absolute Gasteiger partial charge is 0.381 e. The topological polar surface area (TPSA) is 88.5 Å². The lowest BCUT2D eigenvalue weighted by atomic mass is 10.1. The Morgan fingerprint density at radius 3 is 2.53 bits per heavy atom. The van der Waals surface area contributed by atoms with Crippen molar-refractivity contribution < 1.29 is 22.7 Å². The maximum atomic E-state index is 13.7. The van der Waals surface area contributed by atoms with Gasteiger partial charge in [-0.1, -0.05) is 30.3 Å². The quantitative estimate of drug-likeness (QED) is 0.682. The van der Waals surface area contributed by atoms with E-state index in [1.165, 1.54) is 19.1 Å². The van der Waals surface area contributed by atoms with Crippen LogP contribution >= 0.6 is 0 Å². The minimum atomic E-state index is -4.78. The molecule has 1 amide bonds. The molecule has 1 aliphatic heterocycles. The average molecular weight is 420 g/mol. The maximum absolute atomic E-state index is 13.7. The number of carbonyl (C=O) groups is 1. The Labute approximate surface area is 168 Å². The molecule has 158 valence electrons. The molecule has 0 spiro atoms. The summed E-state index contributed by atoms with van der Waals surface area (Å²) in [6.45, 7) is 2.47. The van der Waals surface area contributed by atoms with Gasteiger partial charge in [-0.2, -0.15) is 22.8 Å². The first-order chi connectivity index (χ1) is 14.3.